The predicted octanol–water partition coefficient (Wildman–Crippen LogP) is 3.78. The minimum Gasteiger partial charge on any atom is -0.494 e. The van der Waals surface area contributed by atoms with Crippen LogP contribution in [0, 0.1) is 16.6 Å². The van der Waals surface area contributed by atoms with Gasteiger partial charge in [-0.25, -0.2) is 8.42 Å². The van der Waals surface area contributed by atoms with Crippen LogP contribution in [0.15, 0.2) is 47.1 Å². The number of hydrogen-bond donors (Lipinski definition) is 0. The maximum Gasteiger partial charge on any atom is 0.245 e. The third-order valence-corrected chi connectivity index (χ3v) is 3.83. The molecule has 0 fully saturated rings. The number of sulfone groups is 1. The van der Waals surface area contributed by atoms with E-state index in [1.807, 2.05) is 34.6 Å². The highest BCUT2D eigenvalue weighted by molar-refractivity contribution is 7.96. The van der Waals surface area contributed by atoms with Crippen LogP contribution in [0.3, 0.4) is 0 Å². The van der Waals surface area contributed by atoms with Gasteiger partial charge in [-0.15, -0.1) is 0 Å². The first-order chi connectivity index (χ1) is 9.63. The molecule has 3 nitrogen and oxygen atoms in total. The van der Waals surface area contributed by atoms with Gasteiger partial charge in [0, 0.05) is 16.7 Å². The van der Waals surface area contributed by atoms with E-state index in [-0.39, 0.29) is 16.4 Å². The Bertz CT molecular complexity index is 651. The molecule has 4 heteroatoms. The molecule has 0 amide bonds. The summed E-state index contributed by atoms with van der Waals surface area (Å²) in [4.78, 5) is 0.202. The number of rotatable bonds is 3. The van der Waals surface area contributed by atoms with E-state index < -0.39 is 9.84 Å². The Balaban J connectivity index is 3.07. The minimum absolute atomic E-state index is 0.0167. The van der Waals surface area contributed by atoms with Crippen molar-refractivity contribution in [3.63, 3.8) is 0 Å². The van der Waals surface area contributed by atoms with Gasteiger partial charge in [0.2, 0.25) is 9.84 Å². The van der Waals surface area contributed by atoms with Gasteiger partial charge in [0.05, 0.1) is 11.0 Å². The van der Waals surface area contributed by atoms with Crippen LogP contribution in [0.5, 0.6) is 0 Å². The SMILES string of the molecule is CC(C)O/C(=C\C#CS(=O)(=O)c1ccccc1)C(C)(C)C. The number of benzene rings is 1. The topological polar surface area (TPSA) is 43.4 Å². The van der Waals surface area contributed by atoms with E-state index in [0.29, 0.717) is 5.76 Å². The largest absolute Gasteiger partial charge is 0.494 e. The first kappa shape index (κ1) is 17.3. The summed E-state index contributed by atoms with van der Waals surface area (Å²) >= 11 is 0. The molecule has 0 heterocycles. The predicted molar refractivity (Wildman–Crippen MR) is 85.2 cm³/mol. The van der Waals surface area contributed by atoms with Gasteiger partial charge in [-0.2, -0.15) is 0 Å². The van der Waals surface area contributed by atoms with E-state index in [0.717, 1.165) is 0 Å². The molecule has 114 valence electrons. The minimum atomic E-state index is -3.59. The summed E-state index contributed by atoms with van der Waals surface area (Å²) in [5.74, 6) is 3.29. The third kappa shape index (κ3) is 5.65. The number of ether oxygens (including phenoxy) is 1. The Morgan fingerprint density at radius 2 is 1.76 bits per heavy atom. The third-order valence-electron chi connectivity index (χ3n) is 2.55. The Morgan fingerprint density at radius 3 is 2.24 bits per heavy atom. The molecule has 0 aliphatic rings. The molecule has 0 saturated heterocycles. The van der Waals surface area contributed by atoms with Crippen molar-refractivity contribution in [1.82, 2.24) is 0 Å². The van der Waals surface area contributed by atoms with Crippen LogP contribution in [0.25, 0.3) is 0 Å². The van der Waals surface area contributed by atoms with Gasteiger partial charge in [0.15, 0.2) is 0 Å². The zero-order valence-electron chi connectivity index (χ0n) is 13.2. The standard InChI is InChI=1S/C17H22O3S/c1-14(2)20-16(17(3,4)5)12-9-13-21(18,19)15-10-7-6-8-11-15/h6-8,10-12,14H,1-5H3/b16-12-. The van der Waals surface area contributed by atoms with Crippen molar-refractivity contribution in [2.75, 3.05) is 0 Å². The fraction of sp³-hybridized carbons (Fsp3) is 0.412. The molecule has 0 aliphatic heterocycles. The second-order valence-corrected chi connectivity index (χ2v) is 7.67. The van der Waals surface area contributed by atoms with E-state index in [1.54, 1.807) is 24.3 Å². The molecule has 0 bridgehead atoms. The fourth-order valence-electron chi connectivity index (χ4n) is 1.51. The zero-order chi connectivity index (χ0) is 16.1. The molecular weight excluding hydrogens is 284 g/mol. The summed E-state index contributed by atoms with van der Waals surface area (Å²) < 4.78 is 29.8. The highest BCUT2D eigenvalue weighted by Crippen LogP contribution is 2.26. The summed E-state index contributed by atoms with van der Waals surface area (Å²) in [6, 6.07) is 8.17. The summed E-state index contributed by atoms with van der Waals surface area (Å²) in [7, 11) is -3.59. The Kier molecular flexibility index (Phi) is 5.62. The van der Waals surface area contributed by atoms with Gasteiger partial charge in [0.25, 0.3) is 0 Å². The van der Waals surface area contributed by atoms with Crippen LogP contribution in [0.4, 0.5) is 0 Å². The monoisotopic (exact) mass is 306 g/mol. The van der Waals surface area contributed by atoms with Crippen LogP contribution in [0.2, 0.25) is 0 Å². The molecule has 0 aromatic heterocycles. The van der Waals surface area contributed by atoms with Gasteiger partial charge in [-0.1, -0.05) is 44.9 Å². The summed E-state index contributed by atoms with van der Waals surface area (Å²) in [5.41, 5.74) is -0.227. The van der Waals surface area contributed by atoms with Crippen molar-refractivity contribution >= 4 is 9.84 Å². The normalized spacial score (nSPS) is 12.8. The second-order valence-electron chi connectivity index (χ2n) is 5.99. The molecule has 0 aliphatic carbocycles. The Hall–Kier alpha value is -1.73. The molecule has 0 radical (unpaired) electrons. The van der Waals surface area contributed by atoms with Crippen molar-refractivity contribution < 1.29 is 13.2 Å². The molecule has 0 unspecified atom stereocenters. The molecule has 1 aromatic carbocycles. The quantitative estimate of drug-likeness (QED) is 0.485. The first-order valence-electron chi connectivity index (χ1n) is 6.82. The first-order valence-corrected chi connectivity index (χ1v) is 8.31. The molecule has 1 aromatic rings. The van der Waals surface area contributed by atoms with Crippen LogP contribution in [-0.4, -0.2) is 14.5 Å². The van der Waals surface area contributed by atoms with Crippen molar-refractivity contribution in [2.45, 2.75) is 45.6 Å². The van der Waals surface area contributed by atoms with Crippen molar-refractivity contribution in [3.05, 3.63) is 42.2 Å². The molecule has 1 rings (SSSR count). The van der Waals surface area contributed by atoms with Gasteiger partial charge in [-0.05, 0) is 26.0 Å². The van der Waals surface area contributed by atoms with Crippen LogP contribution in [-0.2, 0) is 14.6 Å². The van der Waals surface area contributed by atoms with Crippen molar-refractivity contribution in [1.29, 1.82) is 0 Å². The molecule has 0 spiro atoms. The van der Waals surface area contributed by atoms with Crippen LogP contribution >= 0.6 is 0 Å². The maximum atomic E-state index is 12.0. The molecule has 0 N–H and O–H groups in total. The summed E-state index contributed by atoms with van der Waals surface area (Å²) in [6.07, 6.45) is 1.56. The van der Waals surface area contributed by atoms with Crippen molar-refractivity contribution in [3.8, 4) is 11.2 Å². The smallest absolute Gasteiger partial charge is 0.245 e. The lowest BCUT2D eigenvalue weighted by molar-refractivity contribution is 0.101. The summed E-state index contributed by atoms with van der Waals surface area (Å²) in [5, 5.41) is 2.32. The molecule has 21 heavy (non-hydrogen) atoms. The van der Waals surface area contributed by atoms with Gasteiger partial charge >= 0.3 is 0 Å². The highest BCUT2D eigenvalue weighted by Gasteiger charge is 2.19. The Labute approximate surface area is 127 Å². The van der Waals surface area contributed by atoms with Gasteiger partial charge in [0.1, 0.15) is 5.76 Å². The zero-order valence-corrected chi connectivity index (χ0v) is 14.0. The number of hydrogen-bond acceptors (Lipinski definition) is 3. The van der Waals surface area contributed by atoms with E-state index >= 15 is 0 Å². The van der Waals surface area contributed by atoms with E-state index in [4.69, 9.17) is 4.74 Å². The maximum absolute atomic E-state index is 12.0. The van der Waals surface area contributed by atoms with Crippen LogP contribution < -0.4 is 0 Å². The molecule has 0 saturated carbocycles. The average Bonchev–Trinajstić information content (AvgIpc) is 2.37. The summed E-state index contributed by atoms with van der Waals surface area (Å²) in [6.45, 7) is 9.83. The van der Waals surface area contributed by atoms with E-state index in [1.165, 1.54) is 12.1 Å². The number of allylic oxidation sites excluding steroid dienone is 2. The van der Waals surface area contributed by atoms with Gasteiger partial charge < -0.3 is 4.74 Å². The van der Waals surface area contributed by atoms with E-state index in [9.17, 15) is 8.42 Å². The Morgan fingerprint density at radius 1 is 1.19 bits per heavy atom. The highest BCUT2D eigenvalue weighted by atomic mass is 32.2. The van der Waals surface area contributed by atoms with E-state index in [2.05, 4.69) is 11.2 Å². The van der Waals surface area contributed by atoms with Gasteiger partial charge in [-0.3, -0.25) is 0 Å². The molecule has 0 atom stereocenters. The van der Waals surface area contributed by atoms with Crippen molar-refractivity contribution in [2.24, 2.45) is 5.41 Å². The lowest BCUT2D eigenvalue weighted by atomic mass is 9.93. The second kappa shape index (κ2) is 6.82. The van der Waals surface area contributed by atoms with Crippen LogP contribution in [0.1, 0.15) is 34.6 Å². The lowest BCUT2D eigenvalue weighted by Crippen LogP contribution is -2.16. The average molecular weight is 306 g/mol. The lowest BCUT2D eigenvalue weighted by Gasteiger charge is -2.24. The molecular formula is C17H22O3S. The fourth-order valence-corrected chi connectivity index (χ4v) is 2.36.